The topological polar surface area (TPSA) is 123 Å². The largest absolute Gasteiger partial charge is 0.494 e. The fourth-order valence-corrected chi connectivity index (χ4v) is 6.22. The van der Waals surface area contributed by atoms with Crippen LogP contribution in [0.25, 0.3) is 22.3 Å². The lowest BCUT2D eigenvalue weighted by molar-refractivity contribution is -0.139. The van der Waals surface area contributed by atoms with E-state index in [9.17, 15) is 19.5 Å². The van der Waals surface area contributed by atoms with Crippen LogP contribution >= 0.6 is 0 Å². The van der Waals surface area contributed by atoms with Gasteiger partial charge in [0.25, 0.3) is 0 Å². The first kappa shape index (κ1) is 36.0. The molecular formula is C41H46N2O7. The standard InChI is InChI=1S/C41H46N2O7/c1-5-28-24-27(16-21-31(28)29-17-19-30(20-18-29)48-23-11-10-22-42-39(46)50-41(2,3)4)25-37(38(44)45)43-40(47)49-26-36-34-14-8-6-12-32(34)33-13-7-9-15-35(33)36/h6-9,12-21,24,36-37H,5,10-11,22-23,25-26H2,1-4H3,(H,42,46)(H,43,47)(H,44,45)/t37-/m1/s1. The molecule has 0 aliphatic heterocycles. The van der Waals surface area contributed by atoms with Crippen LogP contribution in [0.15, 0.2) is 91.0 Å². The maximum atomic E-state index is 12.9. The van der Waals surface area contributed by atoms with Gasteiger partial charge >= 0.3 is 18.2 Å². The van der Waals surface area contributed by atoms with Crippen molar-refractivity contribution in [2.45, 2.75) is 70.9 Å². The number of carboxylic acid groups (broad SMARTS) is 1. The molecule has 2 amide bonds. The Morgan fingerprint density at radius 1 is 0.820 bits per heavy atom. The Morgan fingerprint density at radius 3 is 2.10 bits per heavy atom. The van der Waals surface area contributed by atoms with E-state index >= 15 is 0 Å². The van der Waals surface area contributed by atoms with E-state index in [1.54, 1.807) is 0 Å². The van der Waals surface area contributed by atoms with E-state index in [0.717, 1.165) is 69.5 Å². The van der Waals surface area contributed by atoms with Gasteiger partial charge in [-0.05, 0) is 96.7 Å². The molecule has 1 aliphatic rings. The van der Waals surface area contributed by atoms with Gasteiger partial charge in [0.2, 0.25) is 0 Å². The van der Waals surface area contributed by atoms with Crippen molar-refractivity contribution >= 4 is 18.2 Å². The minimum absolute atomic E-state index is 0.109. The Labute approximate surface area is 294 Å². The number of carboxylic acids is 1. The number of hydrogen-bond acceptors (Lipinski definition) is 6. The van der Waals surface area contributed by atoms with E-state index in [4.69, 9.17) is 14.2 Å². The number of nitrogens with one attached hydrogen (secondary N) is 2. The van der Waals surface area contributed by atoms with Crippen LogP contribution in [-0.4, -0.2) is 54.7 Å². The first-order chi connectivity index (χ1) is 24.0. The zero-order valence-corrected chi connectivity index (χ0v) is 29.2. The fourth-order valence-electron chi connectivity index (χ4n) is 6.22. The molecule has 0 saturated heterocycles. The van der Waals surface area contributed by atoms with Gasteiger partial charge in [-0.1, -0.05) is 85.8 Å². The number of benzene rings is 4. The van der Waals surface area contributed by atoms with E-state index in [1.165, 1.54) is 0 Å². The lowest BCUT2D eigenvalue weighted by atomic mass is 9.94. The molecule has 1 atom stereocenters. The lowest BCUT2D eigenvalue weighted by Crippen LogP contribution is -2.42. The highest BCUT2D eigenvalue weighted by Gasteiger charge is 2.30. The van der Waals surface area contributed by atoms with Crippen LogP contribution in [0.1, 0.15) is 68.7 Å². The highest BCUT2D eigenvalue weighted by molar-refractivity contribution is 5.81. The molecular weight excluding hydrogens is 632 g/mol. The van der Waals surface area contributed by atoms with Crippen molar-refractivity contribution in [1.29, 1.82) is 0 Å². The summed E-state index contributed by atoms with van der Waals surface area (Å²) in [4.78, 5) is 36.8. The van der Waals surface area contributed by atoms with Crippen LogP contribution in [0, 0.1) is 0 Å². The molecule has 3 N–H and O–H groups in total. The first-order valence-corrected chi connectivity index (χ1v) is 17.2. The molecule has 262 valence electrons. The summed E-state index contributed by atoms with van der Waals surface area (Å²) in [6, 6.07) is 28.8. The maximum Gasteiger partial charge on any atom is 0.407 e. The number of carbonyl (C=O) groups excluding carboxylic acids is 2. The molecule has 5 rings (SSSR count). The van der Waals surface area contributed by atoms with Crippen molar-refractivity contribution in [1.82, 2.24) is 10.6 Å². The van der Waals surface area contributed by atoms with Crippen molar-refractivity contribution in [3.8, 4) is 28.0 Å². The number of rotatable bonds is 14. The predicted octanol–water partition coefficient (Wildman–Crippen LogP) is 8.13. The highest BCUT2D eigenvalue weighted by atomic mass is 16.6. The second kappa shape index (κ2) is 16.4. The van der Waals surface area contributed by atoms with Crippen LogP contribution in [0.4, 0.5) is 9.59 Å². The van der Waals surface area contributed by atoms with E-state index in [1.807, 2.05) is 99.6 Å². The zero-order chi connectivity index (χ0) is 35.7. The van der Waals surface area contributed by atoms with E-state index in [-0.39, 0.29) is 18.9 Å². The minimum atomic E-state index is -1.15. The smallest absolute Gasteiger partial charge is 0.407 e. The van der Waals surface area contributed by atoms with Crippen molar-refractivity contribution < 1.29 is 33.7 Å². The molecule has 0 saturated carbocycles. The van der Waals surface area contributed by atoms with Crippen LogP contribution < -0.4 is 15.4 Å². The first-order valence-electron chi connectivity index (χ1n) is 17.2. The van der Waals surface area contributed by atoms with Gasteiger partial charge in [-0.25, -0.2) is 14.4 Å². The molecule has 1 aliphatic carbocycles. The van der Waals surface area contributed by atoms with Gasteiger partial charge in [-0.2, -0.15) is 0 Å². The van der Waals surface area contributed by atoms with E-state index in [0.29, 0.717) is 13.2 Å². The quantitative estimate of drug-likeness (QED) is 0.115. The van der Waals surface area contributed by atoms with Gasteiger partial charge in [-0.3, -0.25) is 0 Å². The van der Waals surface area contributed by atoms with Crippen LogP contribution in [-0.2, 0) is 27.1 Å². The molecule has 9 heteroatoms. The Bertz CT molecular complexity index is 1750. The SMILES string of the molecule is CCc1cc(C[C@@H](NC(=O)OCC2c3ccccc3-c3ccccc32)C(=O)O)ccc1-c1ccc(OCCCCNC(=O)OC(C)(C)C)cc1. The summed E-state index contributed by atoms with van der Waals surface area (Å²) in [7, 11) is 0. The van der Waals surface area contributed by atoms with Gasteiger partial charge in [0, 0.05) is 18.9 Å². The molecule has 0 aromatic heterocycles. The maximum absolute atomic E-state index is 12.9. The zero-order valence-electron chi connectivity index (χ0n) is 29.2. The van der Waals surface area contributed by atoms with Gasteiger partial charge in [0.15, 0.2) is 0 Å². The van der Waals surface area contributed by atoms with Crippen LogP contribution in [0.3, 0.4) is 0 Å². The van der Waals surface area contributed by atoms with Gasteiger partial charge in [0.1, 0.15) is 24.0 Å². The summed E-state index contributed by atoms with van der Waals surface area (Å²) in [5, 5.41) is 15.3. The van der Waals surface area contributed by atoms with Gasteiger partial charge < -0.3 is 30.0 Å². The Hall–Kier alpha value is -5.31. The number of alkyl carbamates (subject to hydrolysis) is 2. The normalized spacial score (nSPS) is 12.7. The number of amides is 2. The Morgan fingerprint density at radius 2 is 1.48 bits per heavy atom. The summed E-state index contributed by atoms with van der Waals surface area (Å²) in [6.45, 7) is 8.71. The molecule has 0 unspecified atom stereocenters. The molecule has 0 radical (unpaired) electrons. The third-order valence-corrected chi connectivity index (χ3v) is 8.60. The average molecular weight is 679 g/mol. The number of fused-ring (bicyclic) bond motifs is 3. The number of hydrogen-bond donors (Lipinski definition) is 3. The van der Waals surface area contributed by atoms with Gasteiger partial charge in [-0.15, -0.1) is 0 Å². The summed E-state index contributed by atoms with van der Waals surface area (Å²) >= 11 is 0. The number of unbranched alkanes of at least 4 members (excludes halogenated alkanes) is 1. The van der Waals surface area contributed by atoms with Crippen molar-refractivity contribution in [2.75, 3.05) is 19.8 Å². The number of aliphatic carboxylic acids is 1. The number of ether oxygens (including phenoxy) is 3. The second-order valence-corrected chi connectivity index (χ2v) is 13.4. The molecule has 0 heterocycles. The third kappa shape index (κ3) is 9.43. The summed E-state index contributed by atoms with van der Waals surface area (Å²) in [5.41, 5.74) is 7.85. The van der Waals surface area contributed by atoms with Crippen LogP contribution in [0.5, 0.6) is 5.75 Å². The van der Waals surface area contributed by atoms with Crippen molar-refractivity contribution in [3.63, 3.8) is 0 Å². The lowest BCUT2D eigenvalue weighted by Gasteiger charge is -2.19. The molecule has 50 heavy (non-hydrogen) atoms. The monoisotopic (exact) mass is 678 g/mol. The van der Waals surface area contributed by atoms with Crippen molar-refractivity contribution in [3.05, 3.63) is 113 Å². The highest BCUT2D eigenvalue weighted by Crippen LogP contribution is 2.44. The second-order valence-electron chi connectivity index (χ2n) is 13.4. The Kier molecular flexibility index (Phi) is 11.8. The molecule has 0 fully saturated rings. The summed E-state index contributed by atoms with van der Waals surface area (Å²) in [5.74, 6) is -0.487. The van der Waals surface area contributed by atoms with Crippen LogP contribution in [0.2, 0.25) is 0 Å². The summed E-state index contributed by atoms with van der Waals surface area (Å²) in [6.07, 6.45) is 1.25. The van der Waals surface area contributed by atoms with E-state index < -0.39 is 29.8 Å². The Balaban J connectivity index is 1.12. The number of carbonyl (C=O) groups is 3. The molecule has 4 aromatic rings. The fraction of sp³-hybridized carbons (Fsp3) is 0.341. The van der Waals surface area contributed by atoms with E-state index in [2.05, 4.69) is 29.7 Å². The average Bonchev–Trinajstić information content (AvgIpc) is 3.41. The molecule has 0 spiro atoms. The molecule has 9 nitrogen and oxygen atoms in total. The molecule has 4 aromatic carbocycles. The molecule has 0 bridgehead atoms. The van der Waals surface area contributed by atoms with Crippen molar-refractivity contribution in [2.24, 2.45) is 0 Å². The summed E-state index contributed by atoms with van der Waals surface area (Å²) < 4.78 is 16.7. The third-order valence-electron chi connectivity index (χ3n) is 8.60. The number of aryl methyl sites for hydroxylation is 1. The van der Waals surface area contributed by atoms with Gasteiger partial charge in [0.05, 0.1) is 6.61 Å². The minimum Gasteiger partial charge on any atom is -0.494 e. The predicted molar refractivity (Wildman–Crippen MR) is 194 cm³/mol.